The lowest BCUT2D eigenvalue weighted by molar-refractivity contribution is 0.0929. The second-order valence-electron chi connectivity index (χ2n) is 5.72. The normalized spacial score (nSPS) is 17.0. The monoisotopic (exact) mass is 288 g/mol. The Bertz CT molecular complexity index is 800. The van der Waals surface area contributed by atoms with Crippen LogP contribution < -0.4 is 10.4 Å². The third kappa shape index (κ3) is 2.09. The summed E-state index contributed by atoms with van der Waals surface area (Å²) in [7, 11) is 0. The van der Waals surface area contributed by atoms with Crippen molar-refractivity contribution in [2.75, 3.05) is 0 Å². The molecule has 1 aromatic heterocycles. The van der Waals surface area contributed by atoms with Crippen LogP contribution in [0.4, 0.5) is 0 Å². The van der Waals surface area contributed by atoms with Crippen LogP contribution in [0.3, 0.4) is 0 Å². The van der Waals surface area contributed by atoms with E-state index in [1.165, 1.54) is 12.1 Å². The molecule has 0 fully saturated rings. The third-order valence-corrected chi connectivity index (χ3v) is 3.65. The Kier molecular flexibility index (Phi) is 3.01. The maximum Gasteiger partial charge on any atom is 0.336 e. The number of carbonyl (C=O) groups is 1. The summed E-state index contributed by atoms with van der Waals surface area (Å²) in [4.78, 5) is 24.0. The Balaban J connectivity index is 2.42. The molecule has 0 amide bonds. The van der Waals surface area contributed by atoms with Crippen molar-refractivity contribution in [3.63, 3.8) is 0 Å². The second-order valence-corrected chi connectivity index (χ2v) is 5.72. The van der Waals surface area contributed by atoms with Gasteiger partial charge in [-0.05, 0) is 12.5 Å². The fourth-order valence-electron chi connectivity index (χ4n) is 2.72. The van der Waals surface area contributed by atoms with Crippen molar-refractivity contribution in [1.29, 1.82) is 0 Å². The standard InChI is InChI=1S/C16H16O5/c1-7(2)15(19)14-10(17)6-11-13-9(5-12(18)21-11)4-8(3)20-16(13)14/h5-8,17H,4H2,1-3H3. The smallest absolute Gasteiger partial charge is 0.336 e. The van der Waals surface area contributed by atoms with Gasteiger partial charge in [0.25, 0.3) is 0 Å². The number of ketones is 1. The minimum Gasteiger partial charge on any atom is -0.507 e. The van der Waals surface area contributed by atoms with Gasteiger partial charge in [-0.2, -0.15) is 0 Å². The number of phenols is 1. The number of Topliss-reactive ketones (excluding diaryl/α,β-unsaturated/α-hetero) is 1. The third-order valence-electron chi connectivity index (χ3n) is 3.65. The molecule has 2 heterocycles. The summed E-state index contributed by atoms with van der Waals surface area (Å²) in [5.41, 5.74) is 0.726. The zero-order valence-electron chi connectivity index (χ0n) is 12.1. The molecule has 0 bridgehead atoms. The molecule has 1 atom stereocenters. The average molecular weight is 288 g/mol. The van der Waals surface area contributed by atoms with Crippen molar-refractivity contribution in [3.8, 4) is 11.5 Å². The number of hydrogen-bond acceptors (Lipinski definition) is 5. The van der Waals surface area contributed by atoms with E-state index >= 15 is 0 Å². The van der Waals surface area contributed by atoms with Gasteiger partial charge in [-0.3, -0.25) is 4.79 Å². The van der Waals surface area contributed by atoms with E-state index in [4.69, 9.17) is 9.15 Å². The van der Waals surface area contributed by atoms with Crippen LogP contribution in [0.15, 0.2) is 21.3 Å². The van der Waals surface area contributed by atoms with Gasteiger partial charge in [-0.15, -0.1) is 0 Å². The Morgan fingerprint density at radius 1 is 1.38 bits per heavy atom. The van der Waals surface area contributed by atoms with Gasteiger partial charge in [0.05, 0.1) is 5.39 Å². The van der Waals surface area contributed by atoms with Crippen molar-refractivity contribution in [2.45, 2.75) is 33.3 Å². The molecule has 0 radical (unpaired) electrons. The van der Waals surface area contributed by atoms with Gasteiger partial charge in [-0.1, -0.05) is 13.8 Å². The van der Waals surface area contributed by atoms with Crippen LogP contribution in [0.1, 0.15) is 36.7 Å². The van der Waals surface area contributed by atoms with Crippen LogP contribution in [0, 0.1) is 5.92 Å². The number of carbonyl (C=O) groups excluding carboxylic acids is 1. The SMILES string of the molecule is CC1Cc2cc(=O)oc3cc(O)c(C(=O)C(C)C)c(c23)O1. The highest BCUT2D eigenvalue weighted by atomic mass is 16.5. The molecule has 0 saturated carbocycles. The molecule has 2 aromatic rings. The maximum atomic E-state index is 12.4. The number of rotatable bonds is 2. The topological polar surface area (TPSA) is 76.7 Å². The van der Waals surface area contributed by atoms with Crippen LogP contribution in [0.5, 0.6) is 11.5 Å². The number of hydrogen-bond donors (Lipinski definition) is 1. The van der Waals surface area contributed by atoms with E-state index in [1.54, 1.807) is 13.8 Å². The van der Waals surface area contributed by atoms with Crippen molar-refractivity contribution < 1.29 is 19.1 Å². The van der Waals surface area contributed by atoms with Crippen LogP contribution in [-0.4, -0.2) is 17.0 Å². The van der Waals surface area contributed by atoms with E-state index in [9.17, 15) is 14.7 Å². The van der Waals surface area contributed by atoms with Gasteiger partial charge in [0.1, 0.15) is 28.7 Å². The summed E-state index contributed by atoms with van der Waals surface area (Å²) in [5.74, 6) is -0.368. The van der Waals surface area contributed by atoms with Crippen molar-refractivity contribution in [1.82, 2.24) is 0 Å². The van der Waals surface area contributed by atoms with Crippen molar-refractivity contribution in [2.24, 2.45) is 5.92 Å². The summed E-state index contributed by atoms with van der Waals surface area (Å²) in [6.45, 7) is 5.38. The molecule has 0 spiro atoms. The molecule has 1 aliphatic heterocycles. The minimum absolute atomic E-state index is 0.166. The van der Waals surface area contributed by atoms with Gasteiger partial charge < -0.3 is 14.3 Å². The fraction of sp³-hybridized carbons (Fsp3) is 0.375. The summed E-state index contributed by atoms with van der Waals surface area (Å²) in [5, 5.41) is 10.8. The van der Waals surface area contributed by atoms with Gasteiger partial charge in [0.15, 0.2) is 5.78 Å². The van der Waals surface area contributed by atoms with E-state index in [0.717, 1.165) is 5.56 Å². The lowest BCUT2D eigenvalue weighted by Gasteiger charge is -2.25. The molecular weight excluding hydrogens is 272 g/mol. The molecule has 21 heavy (non-hydrogen) atoms. The van der Waals surface area contributed by atoms with Gasteiger partial charge in [0, 0.05) is 24.5 Å². The quantitative estimate of drug-likeness (QED) is 0.679. The van der Waals surface area contributed by atoms with E-state index < -0.39 is 5.63 Å². The number of benzene rings is 1. The lowest BCUT2D eigenvalue weighted by atomic mass is 9.93. The predicted molar refractivity (Wildman–Crippen MR) is 77.1 cm³/mol. The Morgan fingerprint density at radius 2 is 2.10 bits per heavy atom. The highest BCUT2D eigenvalue weighted by Gasteiger charge is 2.29. The molecule has 1 aromatic carbocycles. The second kappa shape index (κ2) is 4.62. The predicted octanol–water partition coefficient (Wildman–Crippen LogP) is 2.66. The summed E-state index contributed by atoms with van der Waals surface area (Å²) >= 11 is 0. The molecule has 3 rings (SSSR count). The molecule has 5 nitrogen and oxygen atoms in total. The molecule has 1 unspecified atom stereocenters. The number of aromatic hydroxyl groups is 1. The minimum atomic E-state index is -0.472. The zero-order valence-corrected chi connectivity index (χ0v) is 12.1. The lowest BCUT2D eigenvalue weighted by Crippen LogP contribution is -2.23. The van der Waals surface area contributed by atoms with Crippen molar-refractivity contribution in [3.05, 3.63) is 33.7 Å². The first-order chi connectivity index (χ1) is 9.88. The first-order valence-corrected chi connectivity index (χ1v) is 6.92. The summed E-state index contributed by atoms with van der Waals surface area (Å²) in [6, 6.07) is 2.74. The molecular formula is C16H16O5. The van der Waals surface area contributed by atoms with Crippen LogP contribution in [0.2, 0.25) is 0 Å². The molecule has 0 aliphatic carbocycles. The first kappa shape index (κ1) is 13.7. The molecule has 1 N–H and O–H groups in total. The zero-order chi connectivity index (χ0) is 15.3. The highest BCUT2D eigenvalue weighted by Crippen LogP contribution is 2.42. The Labute approximate surface area is 121 Å². The fourth-order valence-corrected chi connectivity index (χ4v) is 2.72. The average Bonchev–Trinajstić information content (AvgIpc) is 2.36. The molecule has 5 heteroatoms. The molecule has 110 valence electrons. The number of phenolic OH excluding ortho intramolecular Hbond substituents is 1. The molecule has 0 saturated heterocycles. The van der Waals surface area contributed by atoms with Gasteiger partial charge in [-0.25, -0.2) is 4.79 Å². The van der Waals surface area contributed by atoms with Crippen molar-refractivity contribution >= 4 is 16.8 Å². The first-order valence-electron chi connectivity index (χ1n) is 6.92. The van der Waals surface area contributed by atoms with Gasteiger partial charge in [0.2, 0.25) is 0 Å². The largest absolute Gasteiger partial charge is 0.507 e. The number of ether oxygens (including phenoxy) is 1. The van der Waals surface area contributed by atoms with Crippen LogP contribution in [0.25, 0.3) is 11.0 Å². The van der Waals surface area contributed by atoms with Crippen LogP contribution in [-0.2, 0) is 6.42 Å². The molecule has 1 aliphatic rings. The van der Waals surface area contributed by atoms with E-state index in [0.29, 0.717) is 17.6 Å². The van der Waals surface area contributed by atoms with Crippen LogP contribution >= 0.6 is 0 Å². The highest BCUT2D eigenvalue weighted by molar-refractivity contribution is 6.08. The van der Waals surface area contributed by atoms with Gasteiger partial charge >= 0.3 is 5.63 Å². The maximum absolute atomic E-state index is 12.4. The Morgan fingerprint density at radius 3 is 2.76 bits per heavy atom. The Hall–Kier alpha value is -2.30. The summed E-state index contributed by atoms with van der Waals surface area (Å²) in [6.07, 6.45) is 0.387. The summed E-state index contributed by atoms with van der Waals surface area (Å²) < 4.78 is 10.9. The van der Waals surface area contributed by atoms with E-state index in [-0.39, 0.29) is 34.7 Å². The van der Waals surface area contributed by atoms with E-state index in [2.05, 4.69) is 0 Å². The van der Waals surface area contributed by atoms with E-state index in [1.807, 2.05) is 6.92 Å².